The third kappa shape index (κ3) is 6.55. The van der Waals surface area contributed by atoms with Crippen LogP contribution in [0.5, 0.6) is 11.5 Å². The number of fused-ring (bicyclic) bond motifs is 5. The van der Waals surface area contributed by atoms with Crippen LogP contribution in [0, 0.1) is 5.92 Å². The number of aryl methyl sites for hydroxylation is 1. The smallest absolute Gasteiger partial charge is 0.407 e. The Morgan fingerprint density at radius 2 is 1.91 bits per heavy atom. The highest BCUT2D eigenvalue weighted by Crippen LogP contribution is 2.52. The van der Waals surface area contributed by atoms with Crippen LogP contribution in [-0.4, -0.2) is 90.3 Å². The molecule has 3 N–H and O–H groups in total. The molecule has 1 aromatic carbocycles. The van der Waals surface area contributed by atoms with E-state index < -0.39 is 67.7 Å². The number of nitrogens with zero attached hydrogens (tertiary/aromatic N) is 2. The number of allylic oxidation sites excluding steroid dienone is 1. The number of hydrogen-bond donors (Lipinski definition) is 3. The van der Waals surface area contributed by atoms with Gasteiger partial charge in [-0.2, -0.15) is 0 Å². The standard InChI is InChI=1S/C39H49N5O9S/c1-4-52-36(48)41-28-10-8-6-5-7-9-24-20-39(24,35(47)43-54(49,50)37(2)17-18-37)42-33(45)30-21-38(22-44(30)34(28)46)16-15-27-26-14-13-25(51-3)19-29(26)40-31(23-11-12-23)32(27)53-38/h7,9,13-14,19,23-24,28,30H,4-6,8,10-12,15-18,20-22H2,1-3H3,(H,41,48)(H,42,45)(H,43,47)/b9-7-/t24-,28+,30+,38-,39-/m1/s1. The Bertz CT molecular complexity index is 2050. The van der Waals surface area contributed by atoms with Crippen LogP contribution in [0.1, 0.15) is 102 Å². The Labute approximate surface area is 315 Å². The number of rotatable bonds is 7. The molecule has 54 heavy (non-hydrogen) atoms. The van der Waals surface area contributed by atoms with Crippen molar-refractivity contribution in [2.75, 3.05) is 20.3 Å². The number of amides is 4. The lowest BCUT2D eigenvalue weighted by Crippen LogP contribution is -2.58. The number of nitrogens with one attached hydrogen (secondary N) is 3. The minimum absolute atomic E-state index is 0.0738. The van der Waals surface area contributed by atoms with Gasteiger partial charge < -0.3 is 29.7 Å². The molecule has 3 aliphatic heterocycles. The van der Waals surface area contributed by atoms with Crippen LogP contribution in [0.4, 0.5) is 4.79 Å². The fourth-order valence-corrected chi connectivity index (χ4v) is 9.75. The van der Waals surface area contributed by atoms with E-state index >= 15 is 0 Å². The number of pyridine rings is 1. The quantitative estimate of drug-likeness (QED) is 0.350. The molecule has 3 saturated carbocycles. The van der Waals surface area contributed by atoms with Crippen molar-refractivity contribution in [1.82, 2.24) is 25.2 Å². The van der Waals surface area contributed by atoms with Gasteiger partial charge >= 0.3 is 6.09 Å². The topological polar surface area (TPSA) is 182 Å². The van der Waals surface area contributed by atoms with Crippen molar-refractivity contribution in [1.29, 1.82) is 0 Å². The molecule has 14 nitrogen and oxygen atoms in total. The lowest BCUT2D eigenvalue weighted by molar-refractivity contribution is -0.141. The molecule has 4 amide bonds. The van der Waals surface area contributed by atoms with Crippen molar-refractivity contribution >= 4 is 44.7 Å². The van der Waals surface area contributed by atoms with Crippen molar-refractivity contribution in [3.8, 4) is 11.5 Å². The van der Waals surface area contributed by atoms with Gasteiger partial charge in [-0.3, -0.25) is 19.1 Å². The first-order valence-corrected chi connectivity index (χ1v) is 20.8. The van der Waals surface area contributed by atoms with E-state index in [9.17, 15) is 27.6 Å². The van der Waals surface area contributed by atoms with Gasteiger partial charge in [-0.05, 0) is 90.2 Å². The number of hydrogen-bond acceptors (Lipinski definition) is 10. The van der Waals surface area contributed by atoms with Gasteiger partial charge in [-0.25, -0.2) is 18.2 Å². The van der Waals surface area contributed by atoms with Crippen LogP contribution >= 0.6 is 0 Å². The Morgan fingerprint density at radius 3 is 2.63 bits per heavy atom. The lowest BCUT2D eigenvalue weighted by atomic mass is 9.86. The second-order valence-corrected chi connectivity index (χ2v) is 18.4. The highest BCUT2D eigenvalue weighted by atomic mass is 32.2. The van der Waals surface area contributed by atoms with Gasteiger partial charge in [0.25, 0.3) is 5.91 Å². The van der Waals surface area contributed by atoms with E-state index in [0.29, 0.717) is 62.9 Å². The number of carbonyl (C=O) groups is 4. The zero-order valence-electron chi connectivity index (χ0n) is 31.1. The summed E-state index contributed by atoms with van der Waals surface area (Å²) in [5.74, 6) is -0.556. The van der Waals surface area contributed by atoms with Crippen LogP contribution in [0.2, 0.25) is 0 Å². The largest absolute Gasteiger partial charge is 0.497 e. The molecule has 0 bridgehead atoms. The molecule has 0 radical (unpaired) electrons. The maximum atomic E-state index is 14.6. The molecule has 6 aliphatic rings. The molecule has 4 heterocycles. The van der Waals surface area contributed by atoms with Gasteiger partial charge in [0.15, 0.2) is 0 Å². The van der Waals surface area contributed by atoms with Crippen LogP contribution in [-0.2, 0) is 35.6 Å². The van der Waals surface area contributed by atoms with E-state index in [0.717, 1.165) is 35.0 Å². The second-order valence-electron chi connectivity index (χ2n) is 16.2. The normalized spacial score (nSPS) is 30.8. The van der Waals surface area contributed by atoms with Crippen LogP contribution in [0.3, 0.4) is 0 Å². The zero-order valence-corrected chi connectivity index (χ0v) is 31.9. The highest BCUT2D eigenvalue weighted by Gasteiger charge is 2.64. The summed E-state index contributed by atoms with van der Waals surface area (Å²) in [6, 6.07) is 3.79. The fourth-order valence-electron chi connectivity index (χ4n) is 8.44. The van der Waals surface area contributed by atoms with Crippen molar-refractivity contribution in [2.24, 2.45) is 5.92 Å². The number of ether oxygens (including phenoxy) is 3. The molecule has 0 unspecified atom stereocenters. The molecule has 4 fully saturated rings. The van der Waals surface area contributed by atoms with Crippen molar-refractivity contribution in [3.63, 3.8) is 0 Å². The minimum atomic E-state index is -3.98. The summed E-state index contributed by atoms with van der Waals surface area (Å²) < 4.78 is 45.3. The number of carbonyl (C=O) groups excluding carboxylic acids is 4. The molecule has 1 saturated heterocycles. The van der Waals surface area contributed by atoms with Gasteiger partial charge in [-0.1, -0.05) is 18.6 Å². The van der Waals surface area contributed by atoms with Crippen LogP contribution < -0.4 is 24.8 Å². The summed E-state index contributed by atoms with van der Waals surface area (Å²) in [5.41, 5.74) is 0.279. The number of sulfonamides is 1. The van der Waals surface area contributed by atoms with E-state index in [1.807, 2.05) is 30.4 Å². The SMILES string of the molecule is CCOC(=O)N[C@H]1CCCC/C=C\[C@@H]2C[C@@]2(C(=O)NS(=O)(=O)C2(C)CC2)NC(=O)[C@@H]2C[C@]3(CCc4c(c(C5CC5)nc5cc(OC)ccc45)O3)CN2C1=O. The van der Waals surface area contributed by atoms with E-state index in [-0.39, 0.29) is 31.9 Å². The molecular weight excluding hydrogens is 715 g/mol. The first-order chi connectivity index (χ1) is 25.8. The van der Waals surface area contributed by atoms with Crippen molar-refractivity contribution in [2.45, 2.75) is 125 Å². The lowest BCUT2D eigenvalue weighted by Gasteiger charge is -2.37. The van der Waals surface area contributed by atoms with Crippen LogP contribution in [0.15, 0.2) is 30.4 Å². The zero-order chi connectivity index (χ0) is 38.0. The summed E-state index contributed by atoms with van der Waals surface area (Å²) in [5, 5.41) is 6.65. The number of methoxy groups -OCH3 is 1. The van der Waals surface area contributed by atoms with Gasteiger partial charge in [0.05, 0.1) is 36.2 Å². The van der Waals surface area contributed by atoms with Gasteiger partial charge in [0, 0.05) is 35.3 Å². The highest BCUT2D eigenvalue weighted by molar-refractivity contribution is 7.91. The van der Waals surface area contributed by atoms with Gasteiger partial charge in [-0.15, -0.1) is 0 Å². The molecular formula is C39H49N5O9S. The van der Waals surface area contributed by atoms with Crippen molar-refractivity contribution in [3.05, 3.63) is 41.6 Å². The van der Waals surface area contributed by atoms with Crippen LogP contribution in [0.25, 0.3) is 10.9 Å². The van der Waals surface area contributed by atoms with Crippen molar-refractivity contribution < 1.29 is 41.8 Å². The van der Waals surface area contributed by atoms with E-state index in [2.05, 4.69) is 15.4 Å². The van der Waals surface area contributed by atoms with Gasteiger partial charge in [0.2, 0.25) is 21.8 Å². The summed E-state index contributed by atoms with van der Waals surface area (Å²) in [7, 11) is -2.35. The minimum Gasteiger partial charge on any atom is -0.497 e. The maximum absolute atomic E-state index is 14.6. The Hall–Kier alpha value is -4.40. The molecule has 290 valence electrons. The molecule has 15 heteroatoms. The van der Waals surface area contributed by atoms with E-state index in [1.54, 1.807) is 21.0 Å². The molecule has 5 atom stereocenters. The average molecular weight is 764 g/mol. The third-order valence-corrected chi connectivity index (χ3v) is 14.5. The maximum Gasteiger partial charge on any atom is 0.407 e. The number of aromatic nitrogens is 1. The molecule has 3 aliphatic carbocycles. The molecule has 2 aromatic rings. The van der Waals surface area contributed by atoms with E-state index in [4.69, 9.17) is 19.2 Å². The summed E-state index contributed by atoms with van der Waals surface area (Å²) in [6.07, 6.45) is 9.73. The predicted molar refractivity (Wildman–Crippen MR) is 197 cm³/mol. The summed E-state index contributed by atoms with van der Waals surface area (Å²) in [4.78, 5) is 62.4. The predicted octanol–water partition coefficient (Wildman–Crippen LogP) is 3.90. The molecule has 1 aromatic heterocycles. The number of alkyl carbamates (subject to hydrolysis) is 1. The van der Waals surface area contributed by atoms with Gasteiger partial charge in [0.1, 0.15) is 34.7 Å². The Balaban J connectivity index is 1.14. The Kier molecular flexibility index (Phi) is 9.08. The van der Waals surface area contributed by atoms with E-state index in [1.165, 1.54) is 4.90 Å². The molecule has 8 rings (SSSR count). The Morgan fingerprint density at radius 1 is 1.11 bits per heavy atom. The first kappa shape index (κ1) is 36.6. The third-order valence-electron chi connectivity index (χ3n) is 12.3. The summed E-state index contributed by atoms with van der Waals surface area (Å²) >= 11 is 0. The second kappa shape index (κ2) is 13.4. The average Bonchev–Trinajstić information content (AvgIpc) is 4.08. The first-order valence-electron chi connectivity index (χ1n) is 19.3. The summed E-state index contributed by atoms with van der Waals surface area (Å²) in [6.45, 7) is 3.49. The monoisotopic (exact) mass is 763 g/mol. The number of benzene rings is 1. The molecule has 1 spiro atoms. The fraction of sp³-hybridized carbons (Fsp3) is 0.615.